The van der Waals surface area contributed by atoms with E-state index in [0.29, 0.717) is 24.1 Å². The number of nitrogens with zero attached hydrogens (tertiary/aromatic N) is 1. The molecule has 2 aromatic rings. The van der Waals surface area contributed by atoms with Gasteiger partial charge in [-0.05, 0) is 18.7 Å². The van der Waals surface area contributed by atoms with Gasteiger partial charge in [-0.15, -0.1) is 0 Å². The van der Waals surface area contributed by atoms with Crippen LogP contribution in [0.3, 0.4) is 0 Å². The quantitative estimate of drug-likeness (QED) is 0.898. The second kappa shape index (κ2) is 6.89. The van der Waals surface area contributed by atoms with E-state index in [0.717, 1.165) is 15.6 Å². The molecule has 19 heavy (non-hydrogen) atoms. The van der Waals surface area contributed by atoms with Crippen molar-refractivity contribution in [1.29, 1.82) is 0 Å². The summed E-state index contributed by atoms with van der Waals surface area (Å²) in [4.78, 5) is 4.17. The summed E-state index contributed by atoms with van der Waals surface area (Å²) < 4.78 is 6.71. The Labute approximate surface area is 126 Å². The van der Waals surface area contributed by atoms with Gasteiger partial charge in [0.15, 0.2) is 0 Å². The normalized spacial score (nSPS) is 10.5. The first kappa shape index (κ1) is 14.3. The highest BCUT2D eigenvalue weighted by Gasteiger charge is 2.05. The van der Waals surface area contributed by atoms with Crippen molar-refractivity contribution in [2.24, 2.45) is 0 Å². The van der Waals surface area contributed by atoms with Crippen molar-refractivity contribution >= 4 is 27.5 Å². The van der Waals surface area contributed by atoms with E-state index in [1.807, 2.05) is 37.4 Å². The first-order chi connectivity index (χ1) is 9.20. The van der Waals surface area contributed by atoms with Crippen molar-refractivity contribution in [2.45, 2.75) is 13.2 Å². The van der Waals surface area contributed by atoms with E-state index in [1.165, 1.54) is 0 Å². The molecule has 0 radical (unpaired) electrons. The Bertz CT molecular complexity index is 563. The van der Waals surface area contributed by atoms with Gasteiger partial charge in [-0.1, -0.05) is 45.7 Å². The highest BCUT2D eigenvalue weighted by atomic mass is 79.9. The molecule has 0 amide bonds. The molecule has 0 bridgehead atoms. The maximum Gasteiger partial charge on any atom is 0.213 e. The van der Waals surface area contributed by atoms with Crippen molar-refractivity contribution in [2.75, 3.05) is 7.05 Å². The van der Waals surface area contributed by atoms with E-state index < -0.39 is 0 Å². The smallest absolute Gasteiger partial charge is 0.213 e. The third kappa shape index (κ3) is 3.93. The van der Waals surface area contributed by atoms with Crippen molar-refractivity contribution in [3.63, 3.8) is 0 Å². The van der Waals surface area contributed by atoms with Gasteiger partial charge in [0.1, 0.15) is 6.61 Å². The molecule has 3 nitrogen and oxygen atoms in total. The van der Waals surface area contributed by atoms with Gasteiger partial charge >= 0.3 is 0 Å². The molecule has 0 saturated heterocycles. The van der Waals surface area contributed by atoms with Gasteiger partial charge in [0.25, 0.3) is 0 Å². The van der Waals surface area contributed by atoms with Gasteiger partial charge in [-0.2, -0.15) is 0 Å². The Kier molecular flexibility index (Phi) is 5.19. The molecule has 0 aliphatic carbocycles. The zero-order valence-electron chi connectivity index (χ0n) is 10.5. The Balaban J connectivity index is 2.07. The zero-order valence-corrected chi connectivity index (χ0v) is 12.8. The molecule has 0 fully saturated rings. The Hall–Kier alpha value is -1.10. The number of hydrogen-bond acceptors (Lipinski definition) is 3. The maximum absolute atomic E-state index is 6.05. The lowest BCUT2D eigenvalue weighted by Gasteiger charge is -2.09. The molecule has 1 aromatic carbocycles. The minimum atomic E-state index is 0.467. The van der Waals surface area contributed by atoms with Crippen LogP contribution in [-0.2, 0) is 13.2 Å². The van der Waals surface area contributed by atoms with Gasteiger partial charge in [-0.3, -0.25) is 0 Å². The van der Waals surface area contributed by atoms with Crippen molar-refractivity contribution < 1.29 is 4.74 Å². The maximum atomic E-state index is 6.05. The Morgan fingerprint density at radius 3 is 2.84 bits per heavy atom. The Morgan fingerprint density at radius 2 is 2.11 bits per heavy atom. The molecule has 5 heteroatoms. The summed E-state index contributed by atoms with van der Waals surface area (Å²) in [5.74, 6) is 0.574. The van der Waals surface area contributed by atoms with E-state index in [-0.39, 0.29) is 0 Å². The second-order valence-corrected chi connectivity index (χ2v) is 5.29. The lowest BCUT2D eigenvalue weighted by Crippen LogP contribution is -2.06. The largest absolute Gasteiger partial charge is 0.473 e. The fourth-order valence-corrected chi connectivity index (χ4v) is 2.20. The summed E-state index contributed by atoms with van der Waals surface area (Å²) in [7, 11) is 1.87. The number of benzene rings is 1. The molecule has 0 saturated carbocycles. The van der Waals surface area contributed by atoms with E-state index in [1.54, 1.807) is 6.20 Å². The summed E-state index contributed by atoms with van der Waals surface area (Å²) >= 11 is 9.54. The average molecular weight is 342 g/mol. The van der Waals surface area contributed by atoms with E-state index in [9.17, 15) is 0 Å². The summed E-state index contributed by atoms with van der Waals surface area (Å²) in [5.41, 5.74) is 2.05. The third-order valence-corrected chi connectivity index (χ3v) is 3.72. The minimum absolute atomic E-state index is 0.467. The molecule has 1 heterocycles. The van der Waals surface area contributed by atoms with Crippen molar-refractivity contribution in [3.05, 3.63) is 57.2 Å². The summed E-state index contributed by atoms with van der Waals surface area (Å²) in [6, 6.07) is 9.80. The van der Waals surface area contributed by atoms with Crippen LogP contribution < -0.4 is 10.1 Å². The monoisotopic (exact) mass is 340 g/mol. The molecule has 100 valence electrons. The van der Waals surface area contributed by atoms with E-state index in [2.05, 4.69) is 26.2 Å². The van der Waals surface area contributed by atoms with Crippen LogP contribution in [0.15, 0.2) is 41.0 Å². The SMILES string of the molecule is CNCc1cc(OCc2ccccc2Br)ncc1Cl. The number of nitrogens with one attached hydrogen (secondary N) is 1. The lowest BCUT2D eigenvalue weighted by molar-refractivity contribution is 0.293. The molecule has 0 spiro atoms. The van der Waals surface area contributed by atoms with Gasteiger partial charge in [0, 0.05) is 28.8 Å². The third-order valence-electron chi connectivity index (χ3n) is 2.61. The number of aromatic nitrogens is 1. The first-order valence-corrected chi connectivity index (χ1v) is 7.03. The standard InChI is InChI=1S/C14H14BrClN2O/c1-17-7-11-6-14(18-8-13(11)16)19-9-10-4-2-3-5-12(10)15/h2-6,8,17H,7,9H2,1H3. The van der Waals surface area contributed by atoms with Crippen LogP contribution >= 0.6 is 27.5 Å². The van der Waals surface area contributed by atoms with Crippen LogP contribution in [0.4, 0.5) is 0 Å². The number of hydrogen-bond donors (Lipinski definition) is 1. The summed E-state index contributed by atoms with van der Waals surface area (Å²) in [6.45, 7) is 1.15. The van der Waals surface area contributed by atoms with E-state index >= 15 is 0 Å². The lowest BCUT2D eigenvalue weighted by atomic mass is 10.2. The molecule has 1 N–H and O–H groups in total. The molecular formula is C14H14BrClN2O. The van der Waals surface area contributed by atoms with Crippen LogP contribution in [0.25, 0.3) is 0 Å². The summed E-state index contributed by atoms with van der Waals surface area (Å²) in [6.07, 6.45) is 1.61. The highest BCUT2D eigenvalue weighted by molar-refractivity contribution is 9.10. The predicted octanol–water partition coefficient (Wildman–Crippen LogP) is 3.80. The highest BCUT2D eigenvalue weighted by Crippen LogP contribution is 2.21. The fourth-order valence-electron chi connectivity index (χ4n) is 1.63. The van der Waals surface area contributed by atoms with Crippen LogP contribution in [0.1, 0.15) is 11.1 Å². The first-order valence-electron chi connectivity index (χ1n) is 5.86. The molecule has 0 unspecified atom stereocenters. The van der Waals surface area contributed by atoms with Crippen LogP contribution in [0, 0.1) is 0 Å². The number of halogens is 2. The number of ether oxygens (including phenoxy) is 1. The van der Waals surface area contributed by atoms with Crippen LogP contribution in [-0.4, -0.2) is 12.0 Å². The van der Waals surface area contributed by atoms with E-state index in [4.69, 9.17) is 16.3 Å². The van der Waals surface area contributed by atoms with Crippen LogP contribution in [0.5, 0.6) is 5.88 Å². The minimum Gasteiger partial charge on any atom is -0.473 e. The topological polar surface area (TPSA) is 34.1 Å². The molecule has 0 aliphatic heterocycles. The summed E-state index contributed by atoms with van der Waals surface area (Å²) in [5, 5.41) is 3.70. The zero-order chi connectivity index (χ0) is 13.7. The fraction of sp³-hybridized carbons (Fsp3) is 0.214. The predicted molar refractivity (Wildman–Crippen MR) is 80.5 cm³/mol. The van der Waals surface area contributed by atoms with Crippen LogP contribution in [0.2, 0.25) is 5.02 Å². The average Bonchev–Trinajstić information content (AvgIpc) is 2.41. The Morgan fingerprint density at radius 1 is 1.32 bits per heavy atom. The van der Waals surface area contributed by atoms with Gasteiger partial charge < -0.3 is 10.1 Å². The number of pyridine rings is 1. The molecule has 0 aliphatic rings. The molecule has 2 rings (SSSR count). The molecule has 0 atom stereocenters. The van der Waals surface area contributed by atoms with Gasteiger partial charge in [0.2, 0.25) is 5.88 Å². The van der Waals surface area contributed by atoms with Gasteiger partial charge in [0.05, 0.1) is 5.02 Å². The number of rotatable bonds is 5. The van der Waals surface area contributed by atoms with Gasteiger partial charge in [-0.25, -0.2) is 4.98 Å². The second-order valence-electron chi connectivity index (χ2n) is 4.02. The molecular weight excluding hydrogens is 328 g/mol. The van der Waals surface area contributed by atoms with Crippen molar-refractivity contribution in [3.8, 4) is 5.88 Å². The molecule has 1 aromatic heterocycles. The van der Waals surface area contributed by atoms with Crippen molar-refractivity contribution in [1.82, 2.24) is 10.3 Å².